The molecule has 0 unspecified atom stereocenters. The van der Waals surface area contributed by atoms with E-state index in [-0.39, 0.29) is 17.9 Å². The second kappa shape index (κ2) is 6.89. The third kappa shape index (κ3) is 3.29. The number of aliphatic hydroxyl groups excluding tert-OH is 1. The summed E-state index contributed by atoms with van der Waals surface area (Å²) >= 11 is 0. The molecule has 130 valence electrons. The van der Waals surface area contributed by atoms with E-state index in [1.807, 2.05) is 26.0 Å². The first-order valence-corrected chi connectivity index (χ1v) is 8.73. The molecule has 1 saturated heterocycles. The van der Waals surface area contributed by atoms with Crippen molar-refractivity contribution in [3.8, 4) is 11.5 Å². The molecular weight excluding hydrogens is 304 g/mol. The first-order chi connectivity index (χ1) is 11.6. The number of piperidine rings is 1. The molecule has 3 heterocycles. The van der Waals surface area contributed by atoms with Gasteiger partial charge in [-0.25, -0.2) is 4.98 Å². The zero-order valence-corrected chi connectivity index (χ0v) is 14.7. The Labute approximate surface area is 142 Å². The Hall–Kier alpha value is -1.95. The molecule has 0 amide bonds. The average molecular weight is 330 g/mol. The van der Waals surface area contributed by atoms with Crippen molar-refractivity contribution in [3.05, 3.63) is 24.2 Å². The Morgan fingerprint density at radius 1 is 1.33 bits per heavy atom. The van der Waals surface area contributed by atoms with E-state index in [0.29, 0.717) is 5.89 Å². The number of nitrogens with zero attached hydrogens (tertiary/aromatic N) is 4. The van der Waals surface area contributed by atoms with Gasteiger partial charge in [-0.1, -0.05) is 25.9 Å². The minimum Gasteiger partial charge on any atom is -0.396 e. The van der Waals surface area contributed by atoms with E-state index in [2.05, 4.69) is 26.9 Å². The molecule has 1 aliphatic heterocycles. The van der Waals surface area contributed by atoms with Gasteiger partial charge in [-0.3, -0.25) is 0 Å². The lowest BCUT2D eigenvalue weighted by Gasteiger charge is -2.40. The molecule has 0 bridgehead atoms. The van der Waals surface area contributed by atoms with Gasteiger partial charge in [-0.2, -0.15) is 4.98 Å². The maximum atomic E-state index is 9.68. The van der Waals surface area contributed by atoms with Crippen LogP contribution in [0.3, 0.4) is 0 Å². The molecule has 1 aliphatic rings. The van der Waals surface area contributed by atoms with Crippen LogP contribution in [-0.2, 0) is 0 Å². The van der Waals surface area contributed by atoms with Crippen LogP contribution < -0.4 is 4.90 Å². The van der Waals surface area contributed by atoms with Crippen LogP contribution in [0.2, 0.25) is 0 Å². The van der Waals surface area contributed by atoms with E-state index in [1.54, 1.807) is 6.20 Å². The monoisotopic (exact) mass is 330 g/mol. The summed E-state index contributed by atoms with van der Waals surface area (Å²) < 4.78 is 5.38. The van der Waals surface area contributed by atoms with Crippen molar-refractivity contribution in [2.75, 3.05) is 24.6 Å². The second-order valence-electron chi connectivity index (χ2n) is 7.01. The molecule has 1 N–H and O–H groups in total. The van der Waals surface area contributed by atoms with Crippen molar-refractivity contribution in [1.29, 1.82) is 0 Å². The third-order valence-electron chi connectivity index (χ3n) is 5.18. The van der Waals surface area contributed by atoms with Crippen LogP contribution in [0.25, 0.3) is 11.5 Å². The molecule has 0 aliphatic carbocycles. The van der Waals surface area contributed by atoms with Crippen LogP contribution in [0.4, 0.5) is 5.82 Å². The van der Waals surface area contributed by atoms with Crippen molar-refractivity contribution in [3.63, 3.8) is 0 Å². The lowest BCUT2D eigenvalue weighted by atomic mass is 9.77. The number of hydrogen-bond acceptors (Lipinski definition) is 6. The fourth-order valence-corrected chi connectivity index (χ4v) is 3.14. The van der Waals surface area contributed by atoms with Gasteiger partial charge in [-0.15, -0.1) is 0 Å². The van der Waals surface area contributed by atoms with E-state index in [4.69, 9.17) is 4.52 Å². The first kappa shape index (κ1) is 16.9. The molecule has 6 nitrogen and oxygen atoms in total. The van der Waals surface area contributed by atoms with Gasteiger partial charge in [-0.05, 0) is 36.8 Å². The number of aromatic nitrogens is 3. The molecular formula is C18H26N4O2. The average Bonchev–Trinajstić information content (AvgIpc) is 3.12. The molecule has 3 rings (SSSR count). The summed E-state index contributed by atoms with van der Waals surface area (Å²) in [6.07, 6.45) is 4.79. The minimum absolute atomic E-state index is 0.0762. The van der Waals surface area contributed by atoms with E-state index in [1.165, 1.54) is 0 Å². The predicted molar refractivity (Wildman–Crippen MR) is 92.9 cm³/mol. The summed E-state index contributed by atoms with van der Waals surface area (Å²) in [5.74, 6) is 2.43. The maximum absolute atomic E-state index is 9.68. The number of rotatable bonds is 5. The molecule has 6 heteroatoms. The van der Waals surface area contributed by atoms with E-state index in [0.717, 1.165) is 49.6 Å². The topological polar surface area (TPSA) is 75.3 Å². The SMILES string of the molecule is CCC1(CO)CCN(c2cc(-c3nc(C(C)C)no3)ccn2)CC1. The van der Waals surface area contributed by atoms with Crippen molar-refractivity contribution in [1.82, 2.24) is 15.1 Å². The van der Waals surface area contributed by atoms with Gasteiger partial charge in [0.2, 0.25) is 0 Å². The van der Waals surface area contributed by atoms with E-state index in [9.17, 15) is 5.11 Å². The summed E-state index contributed by atoms with van der Waals surface area (Å²) in [4.78, 5) is 11.2. The Bertz CT molecular complexity index is 669. The summed E-state index contributed by atoms with van der Waals surface area (Å²) in [6.45, 7) is 8.33. The Morgan fingerprint density at radius 2 is 2.08 bits per heavy atom. The highest BCUT2D eigenvalue weighted by Gasteiger charge is 2.32. The highest BCUT2D eigenvalue weighted by atomic mass is 16.5. The van der Waals surface area contributed by atoms with Gasteiger partial charge in [0.25, 0.3) is 5.89 Å². The third-order valence-corrected chi connectivity index (χ3v) is 5.18. The van der Waals surface area contributed by atoms with Crippen molar-refractivity contribution in [2.45, 2.75) is 46.0 Å². The highest BCUT2D eigenvalue weighted by molar-refractivity contribution is 5.58. The molecule has 2 aromatic heterocycles. The van der Waals surface area contributed by atoms with Crippen molar-refractivity contribution >= 4 is 5.82 Å². The molecule has 24 heavy (non-hydrogen) atoms. The largest absolute Gasteiger partial charge is 0.396 e. The number of aliphatic hydroxyl groups is 1. The van der Waals surface area contributed by atoms with Crippen LogP contribution in [0.5, 0.6) is 0 Å². The highest BCUT2D eigenvalue weighted by Crippen LogP contribution is 2.36. The van der Waals surface area contributed by atoms with Crippen molar-refractivity contribution in [2.24, 2.45) is 5.41 Å². The zero-order chi connectivity index (χ0) is 17.2. The normalized spacial score (nSPS) is 17.5. The summed E-state index contributed by atoms with van der Waals surface area (Å²) in [7, 11) is 0. The summed E-state index contributed by atoms with van der Waals surface area (Å²) in [6, 6.07) is 3.91. The molecule has 0 aromatic carbocycles. The summed E-state index contributed by atoms with van der Waals surface area (Å²) in [5, 5.41) is 13.7. The van der Waals surface area contributed by atoms with Crippen LogP contribution >= 0.6 is 0 Å². The first-order valence-electron chi connectivity index (χ1n) is 8.73. The predicted octanol–water partition coefficient (Wildman–Crippen LogP) is 3.24. The van der Waals surface area contributed by atoms with Gasteiger partial charge in [0, 0.05) is 37.4 Å². The Balaban J connectivity index is 1.76. The zero-order valence-electron chi connectivity index (χ0n) is 14.7. The van der Waals surface area contributed by atoms with Gasteiger partial charge in [0.05, 0.1) is 0 Å². The molecule has 0 atom stereocenters. The van der Waals surface area contributed by atoms with Crippen LogP contribution in [0.15, 0.2) is 22.9 Å². The fourth-order valence-electron chi connectivity index (χ4n) is 3.14. The number of hydrogen-bond donors (Lipinski definition) is 1. The smallest absolute Gasteiger partial charge is 0.258 e. The lowest BCUT2D eigenvalue weighted by Crippen LogP contribution is -2.42. The Morgan fingerprint density at radius 3 is 2.67 bits per heavy atom. The molecule has 0 radical (unpaired) electrons. The van der Waals surface area contributed by atoms with E-state index < -0.39 is 0 Å². The van der Waals surface area contributed by atoms with Gasteiger partial charge < -0.3 is 14.5 Å². The second-order valence-corrected chi connectivity index (χ2v) is 7.01. The molecule has 0 saturated carbocycles. The van der Waals surface area contributed by atoms with Crippen molar-refractivity contribution < 1.29 is 9.63 Å². The maximum Gasteiger partial charge on any atom is 0.258 e. The standard InChI is InChI=1S/C18H26N4O2/c1-4-18(12-23)6-9-22(10-7-18)15-11-14(5-8-19-15)17-20-16(13(2)3)21-24-17/h5,8,11,13,23H,4,6-7,9-10,12H2,1-3H3. The van der Waals surface area contributed by atoms with Gasteiger partial charge in [0.1, 0.15) is 5.82 Å². The minimum atomic E-state index is 0.0762. The molecule has 1 fully saturated rings. The fraction of sp³-hybridized carbons (Fsp3) is 0.611. The Kier molecular flexibility index (Phi) is 4.85. The number of anilines is 1. The van der Waals surface area contributed by atoms with E-state index >= 15 is 0 Å². The van der Waals surface area contributed by atoms with Gasteiger partial charge in [0.15, 0.2) is 5.82 Å². The molecule has 0 spiro atoms. The van der Waals surface area contributed by atoms with Crippen LogP contribution in [-0.4, -0.2) is 39.9 Å². The lowest BCUT2D eigenvalue weighted by molar-refractivity contribution is 0.0920. The van der Waals surface area contributed by atoms with Gasteiger partial charge >= 0.3 is 0 Å². The van der Waals surface area contributed by atoms with Crippen LogP contribution in [0.1, 0.15) is 51.8 Å². The summed E-state index contributed by atoms with van der Waals surface area (Å²) in [5.41, 5.74) is 0.973. The molecule has 2 aromatic rings. The number of pyridine rings is 1. The van der Waals surface area contributed by atoms with Crippen LogP contribution in [0, 0.1) is 5.41 Å². The quantitative estimate of drug-likeness (QED) is 0.907.